The van der Waals surface area contributed by atoms with E-state index in [1.54, 1.807) is 25.1 Å². The quantitative estimate of drug-likeness (QED) is 0.785. The van der Waals surface area contributed by atoms with Crippen molar-refractivity contribution in [3.05, 3.63) is 62.9 Å². The second-order valence-corrected chi connectivity index (χ2v) is 5.75. The summed E-state index contributed by atoms with van der Waals surface area (Å²) in [5.74, 6) is 0. The van der Waals surface area contributed by atoms with E-state index >= 15 is 0 Å². The third-order valence-electron chi connectivity index (χ3n) is 3.40. The smallest absolute Gasteiger partial charge is 0.266 e. The standard InChI is InChI=1S/C17H10N4OS/c1-10-14(6-13(8-19)16(22)20-10)15-9-23-17(21-15)12-4-2-11(7-18)3-5-12/h2-6,9H,1H3,(H,20,22). The zero-order chi connectivity index (χ0) is 16.4. The van der Waals surface area contributed by atoms with Crippen LogP contribution >= 0.6 is 11.3 Å². The van der Waals surface area contributed by atoms with Crippen LogP contribution in [0.5, 0.6) is 0 Å². The average molecular weight is 318 g/mol. The zero-order valence-corrected chi connectivity index (χ0v) is 12.9. The summed E-state index contributed by atoms with van der Waals surface area (Å²) in [5.41, 5.74) is 3.31. The van der Waals surface area contributed by atoms with Crippen LogP contribution in [0.25, 0.3) is 21.8 Å². The Bertz CT molecular complexity index is 1020. The van der Waals surface area contributed by atoms with E-state index in [0.717, 1.165) is 16.1 Å². The molecular formula is C17H10N4OS. The van der Waals surface area contributed by atoms with Gasteiger partial charge < -0.3 is 4.98 Å². The summed E-state index contributed by atoms with van der Waals surface area (Å²) in [6.07, 6.45) is 0. The van der Waals surface area contributed by atoms with E-state index in [4.69, 9.17) is 10.5 Å². The summed E-state index contributed by atoms with van der Waals surface area (Å²) in [4.78, 5) is 18.9. The van der Waals surface area contributed by atoms with E-state index in [9.17, 15) is 4.79 Å². The Kier molecular flexibility index (Phi) is 3.76. The van der Waals surface area contributed by atoms with Gasteiger partial charge in [0.15, 0.2) is 0 Å². The number of rotatable bonds is 2. The van der Waals surface area contributed by atoms with Crippen molar-refractivity contribution in [2.24, 2.45) is 0 Å². The number of nitrogens with zero attached hydrogens (tertiary/aromatic N) is 3. The first kappa shape index (κ1) is 14.7. The number of aromatic nitrogens is 2. The molecule has 0 radical (unpaired) electrons. The molecule has 1 N–H and O–H groups in total. The molecule has 2 aromatic heterocycles. The van der Waals surface area contributed by atoms with Crippen molar-refractivity contribution in [1.82, 2.24) is 9.97 Å². The predicted molar refractivity (Wildman–Crippen MR) is 87.8 cm³/mol. The monoisotopic (exact) mass is 318 g/mol. The number of nitriles is 2. The summed E-state index contributed by atoms with van der Waals surface area (Å²) < 4.78 is 0. The molecule has 5 nitrogen and oxygen atoms in total. The molecule has 0 saturated carbocycles. The number of nitrogens with one attached hydrogen (secondary N) is 1. The Balaban J connectivity index is 2.04. The average Bonchev–Trinajstić information content (AvgIpc) is 3.05. The molecule has 0 aliphatic rings. The zero-order valence-electron chi connectivity index (χ0n) is 12.1. The molecule has 0 bridgehead atoms. The molecule has 0 aliphatic carbocycles. The van der Waals surface area contributed by atoms with E-state index < -0.39 is 5.56 Å². The van der Waals surface area contributed by atoms with E-state index in [1.807, 2.05) is 23.6 Å². The Morgan fingerprint density at radius 2 is 1.91 bits per heavy atom. The SMILES string of the molecule is Cc1[nH]c(=O)c(C#N)cc1-c1csc(-c2ccc(C#N)cc2)n1. The first-order chi connectivity index (χ1) is 11.1. The van der Waals surface area contributed by atoms with E-state index in [0.29, 0.717) is 17.0 Å². The molecule has 3 aromatic rings. The maximum atomic E-state index is 11.6. The lowest BCUT2D eigenvalue weighted by molar-refractivity contribution is 1.13. The predicted octanol–water partition coefficient (Wildman–Crippen LogP) is 3.22. The van der Waals surface area contributed by atoms with Gasteiger partial charge in [0.05, 0.1) is 17.3 Å². The first-order valence-corrected chi connectivity index (χ1v) is 7.61. The van der Waals surface area contributed by atoms with Gasteiger partial charge in [-0.15, -0.1) is 11.3 Å². The van der Waals surface area contributed by atoms with Crippen LogP contribution in [0.2, 0.25) is 0 Å². The lowest BCUT2D eigenvalue weighted by Gasteiger charge is -2.02. The van der Waals surface area contributed by atoms with Crippen molar-refractivity contribution in [3.8, 4) is 34.0 Å². The molecule has 0 fully saturated rings. The minimum absolute atomic E-state index is 0.0681. The largest absolute Gasteiger partial charge is 0.325 e. The molecule has 1 aromatic carbocycles. The topological polar surface area (TPSA) is 93.3 Å². The molecule has 0 atom stereocenters. The number of benzene rings is 1. The van der Waals surface area contributed by atoms with Gasteiger partial charge in [-0.05, 0) is 25.1 Å². The highest BCUT2D eigenvalue weighted by Gasteiger charge is 2.12. The van der Waals surface area contributed by atoms with E-state index in [1.165, 1.54) is 11.3 Å². The van der Waals surface area contributed by atoms with Crippen LogP contribution in [0, 0.1) is 29.6 Å². The fourth-order valence-electron chi connectivity index (χ4n) is 2.19. The van der Waals surface area contributed by atoms with Crippen molar-refractivity contribution in [2.75, 3.05) is 0 Å². The first-order valence-electron chi connectivity index (χ1n) is 6.73. The molecule has 23 heavy (non-hydrogen) atoms. The second-order valence-electron chi connectivity index (χ2n) is 4.89. The van der Waals surface area contributed by atoms with Crippen molar-refractivity contribution in [3.63, 3.8) is 0 Å². The fraction of sp³-hybridized carbons (Fsp3) is 0.0588. The summed E-state index contributed by atoms with van der Waals surface area (Å²) in [6.45, 7) is 1.78. The fourth-order valence-corrected chi connectivity index (χ4v) is 3.02. The minimum Gasteiger partial charge on any atom is -0.325 e. The van der Waals surface area contributed by atoms with Crippen molar-refractivity contribution in [2.45, 2.75) is 6.92 Å². The van der Waals surface area contributed by atoms with Crippen LogP contribution in [0.15, 0.2) is 40.5 Å². The van der Waals surface area contributed by atoms with Gasteiger partial charge in [-0.1, -0.05) is 12.1 Å². The van der Waals surface area contributed by atoms with Gasteiger partial charge in [-0.3, -0.25) is 4.79 Å². The van der Waals surface area contributed by atoms with Gasteiger partial charge in [0.1, 0.15) is 16.6 Å². The molecular weight excluding hydrogens is 308 g/mol. The molecule has 0 saturated heterocycles. The van der Waals surface area contributed by atoms with Crippen molar-refractivity contribution < 1.29 is 0 Å². The summed E-state index contributed by atoms with van der Waals surface area (Å²) in [5, 5.41) is 20.5. The molecule has 6 heteroatoms. The lowest BCUT2D eigenvalue weighted by atomic mass is 10.1. The van der Waals surface area contributed by atoms with Crippen molar-refractivity contribution >= 4 is 11.3 Å². The molecule has 0 amide bonds. The van der Waals surface area contributed by atoms with Gasteiger partial charge in [0.2, 0.25) is 0 Å². The van der Waals surface area contributed by atoms with Gasteiger partial charge >= 0.3 is 0 Å². The third-order valence-corrected chi connectivity index (χ3v) is 4.29. The maximum Gasteiger partial charge on any atom is 0.266 e. The summed E-state index contributed by atoms with van der Waals surface area (Å²) >= 11 is 1.47. The second kappa shape index (κ2) is 5.88. The van der Waals surface area contributed by atoms with Gasteiger partial charge in [-0.25, -0.2) is 4.98 Å². The molecule has 2 heterocycles. The van der Waals surface area contributed by atoms with Crippen LogP contribution in [0.3, 0.4) is 0 Å². The highest BCUT2D eigenvalue weighted by molar-refractivity contribution is 7.13. The number of aromatic amines is 1. The van der Waals surface area contributed by atoms with Crippen LogP contribution in [0.4, 0.5) is 0 Å². The number of hydrogen-bond acceptors (Lipinski definition) is 5. The molecule has 0 spiro atoms. The number of H-pyrrole nitrogens is 1. The van der Waals surface area contributed by atoms with Crippen molar-refractivity contribution in [1.29, 1.82) is 10.5 Å². The summed E-state index contributed by atoms with van der Waals surface area (Å²) in [7, 11) is 0. The number of thiazole rings is 1. The van der Waals surface area contributed by atoms with E-state index in [2.05, 4.69) is 16.0 Å². The summed E-state index contributed by atoms with van der Waals surface area (Å²) in [6, 6.07) is 12.7. The van der Waals surface area contributed by atoms with Gasteiger partial charge in [0, 0.05) is 22.2 Å². The number of pyridine rings is 1. The minimum atomic E-state index is -0.392. The Morgan fingerprint density at radius 3 is 2.57 bits per heavy atom. The normalized spacial score (nSPS) is 10.0. The van der Waals surface area contributed by atoms with Gasteiger partial charge in [-0.2, -0.15) is 10.5 Å². The highest BCUT2D eigenvalue weighted by atomic mass is 32.1. The Labute approximate surface area is 136 Å². The third kappa shape index (κ3) is 2.76. The Morgan fingerprint density at radius 1 is 1.17 bits per heavy atom. The molecule has 3 rings (SSSR count). The van der Waals surface area contributed by atoms with E-state index in [-0.39, 0.29) is 5.56 Å². The number of aryl methyl sites for hydroxylation is 1. The Hall–Kier alpha value is -3.22. The van der Waals surface area contributed by atoms with Crippen LogP contribution in [-0.2, 0) is 0 Å². The van der Waals surface area contributed by atoms with Gasteiger partial charge in [0.25, 0.3) is 5.56 Å². The van der Waals surface area contributed by atoms with Crippen LogP contribution < -0.4 is 5.56 Å². The van der Waals surface area contributed by atoms with Crippen LogP contribution in [0.1, 0.15) is 16.8 Å². The molecule has 110 valence electrons. The molecule has 0 unspecified atom stereocenters. The molecule has 0 aliphatic heterocycles. The lowest BCUT2D eigenvalue weighted by Crippen LogP contribution is -2.11. The maximum absolute atomic E-state index is 11.6. The number of hydrogen-bond donors (Lipinski definition) is 1. The highest BCUT2D eigenvalue weighted by Crippen LogP contribution is 2.30. The van der Waals surface area contributed by atoms with Crippen LogP contribution in [-0.4, -0.2) is 9.97 Å².